The summed E-state index contributed by atoms with van der Waals surface area (Å²) in [6, 6.07) is 3.05. The monoisotopic (exact) mass is 331 g/mol. The van der Waals surface area contributed by atoms with E-state index in [2.05, 4.69) is 28.5 Å². The van der Waals surface area contributed by atoms with E-state index >= 15 is 0 Å². The van der Waals surface area contributed by atoms with Crippen LogP contribution in [0.5, 0.6) is 0 Å². The Morgan fingerprint density at radius 1 is 1.29 bits per heavy atom. The molecular formula is C15H20Cl2FN3. The fourth-order valence-electron chi connectivity index (χ4n) is 2.39. The number of alkyl halides is 1. The van der Waals surface area contributed by atoms with Crippen LogP contribution >= 0.6 is 23.2 Å². The Morgan fingerprint density at radius 2 is 2.05 bits per heavy atom. The average Bonchev–Trinajstić information content (AvgIpc) is 2.73. The predicted octanol–water partition coefficient (Wildman–Crippen LogP) is 3.95. The summed E-state index contributed by atoms with van der Waals surface area (Å²) in [7, 11) is 4.12. The molecule has 0 spiro atoms. The van der Waals surface area contributed by atoms with E-state index in [1.165, 1.54) is 6.07 Å². The number of hydrogen-bond acceptors (Lipinski definition) is 2. The predicted molar refractivity (Wildman–Crippen MR) is 86.9 cm³/mol. The van der Waals surface area contributed by atoms with Crippen LogP contribution in [0.25, 0.3) is 11.0 Å². The van der Waals surface area contributed by atoms with Gasteiger partial charge < -0.3 is 9.47 Å². The smallest absolute Gasteiger partial charge is 0.144 e. The lowest BCUT2D eigenvalue weighted by atomic mass is 10.2. The number of unbranched alkanes of at least 4 members (excludes halogenated alkanes) is 1. The molecule has 2 rings (SSSR count). The van der Waals surface area contributed by atoms with Crippen LogP contribution in [0.2, 0.25) is 5.02 Å². The Labute approximate surface area is 134 Å². The Balaban J connectivity index is 2.25. The molecule has 0 unspecified atom stereocenters. The van der Waals surface area contributed by atoms with Crippen LogP contribution in [0, 0.1) is 5.82 Å². The van der Waals surface area contributed by atoms with Crippen molar-refractivity contribution in [2.24, 2.45) is 0 Å². The van der Waals surface area contributed by atoms with Crippen molar-refractivity contribution in [3.8, 4) is 0 Å². The topological polar surface area (TPSA) is 21.1 Å². The molecule has 0 atom stereocenters. The molecule has 6 heteroatoms. The minimum absolute atomic E-state index is 0.109. The summed E-state index contributed by atoms with van der Waals surface area (Å²) >= 11 is 11.7. The Kier molecular flexibility index (Phi) is 5.85. The highest BCUT2D eigenvalue weighted by atomic mass is 35.5. The fourth-order valence-corrected chi connectivity index (χ4v) is 2.72. The number of hydrogen-bond donors (Lipinski definition) is 0. The van der Waals surface area contributed by atoms with Crippen LogP contribution in [0.4, 0.5) is 4.39 Å². The first-order chi connectivity index (χ1) is 10.0. The summed E-state index contributed by atoms with van der Waals surface area (Å²) < 4.78 is 15.8. The van der Waals surface area contributed by atoms with Gasteiger partial charge in [-0.3, -0.25) is 0 Å². The molecule has 21 heavy (non-hydrogen) atoms. The summed E-state index contributed by atoms with van der Waals surface area (Å²) in [5, 5.41) is 0.109. The van der Waals surface area contributed by atoms with E-state index in [1.54, 1.807) is 6.07 Å². The second kappa shape index (κ2) is 7.43. The Bertz CT molecular complexity index is 610. The minimum Gasteiger partial charge on any atom is -0.328 e. The molecule has 0 N–H and O–H groups in total. The van der Waals surface area contributed by atoms with Gasteiger partial charge in [0, 0.05) is 24.9 Å². The van der Waals surface area contributed by atoms with Gasteiger partial charge in [-0.2, -0.15) is 0 Å². The summed E-state index contributed by atoms with van der Waals surface area (Å²) in [6.45, 7) is 1.86. The molecule has 0 bridgehead atoms. The first-order valence-corrected chi connectivity index (χ1v) is 7.99. The van der Waals surface area contributed by atoms with Crippen molar-refractivity contribution in [2.45, 2.75) is 25.8 Å². The number of aryl methyl sites for hydroxylation is 2. The standard InChI is InChI=1S/C15H20Cl2FN3/c1-20(2)7-3-4-8-21-14-10-12(18)11(17)9-13(14)19-15(21)5-6-16/h9-10H,3-8H2,1-2H3. The molecule has 0 aliphatic carbocycles. The number of halogens is 3. The first kappa shape index (κ1) is 16.5. The van der Waals surface area contributed by atoms with Crippen molar-refractivity contribution in [3.05, 3.63) is 28.8 Å². The van der Waals surface area contributed by atoms with Gasteiger partial charge in [0.2, 0.25) is 0 Å². The first-order valence-electron chi connectivity index (χ1n) is 7.07. The number of benzene rings is 1. The third-order valence-corrected chi connectivity index (χ3v) is 3.90. The lowest BCUT2D eigenvalue weighted by molar-refractivity contribution is 0.387. The summed E-state index contributed by atoms with van der Waals surface area (Å²) in [5.41, 5.74) is 1.52. The van der Waals surface area contributed by atoms with E-state index in [0.29, 0.717) is 12.3 Å². The van der Waals surface area contributed by atoms with Gasteiger partial charge in [-0.05, 0) is 39.5 Å². The average molecular weight is 332 g/mol. The van der Waals surface area contributed by atoms with Gasteiger partial charge >= 0.3 is 0 Å². The van der Waals surface area contributed by atoms with Crippen LogP contribution in [0.1, 0.15) is 18.7 Å². The van der Waals surface area contributed by atoms with Gasteiger partial charge in [-0.15, -0.1) is 11.6 Å². The van der Waals surface area contributed by atoms with E-state index in [0.717, 1.165) is 42.8 Å². The van der Waals surface area contributed by atoms with E-state index < -0.39 is 5.82 Å². The Morgan fingerprint density at radius 3 is 2.71 bits per heavy atom. The molecule has 0 aliphatic heterocycles. The Hall–Kier alpha value is -0.840. The van der Waals surface area contributed by atoms with Crippen molar-refractivity contribution >= 4 is 34.2 Å². The lowest BCUT2D eigenvalue weighted by Crippen LogP contribution is -2.14. The van der Waals surface area contributed by atoms with E-state index in [-0.39, 0.29) is 5.02 Å². The third kappa shape index (κ3) is 4.09. The number of imidazole rings is 1. The number of aromatic nitrogens is 2. The van der Waals surface area contributed by atoms with Gasteiger partial charge in [0.1, 0.15) is 11.6 Å². The maximum Gasteiger partial charge on any atom is 0.144 e. The zero-order chi connectivity index (χ0) is 15.4. The fraction of sp³-hybridized carbons (Fsp3) is 0.533. The molecule has 0 radical (unpaired) electrons. The van der Waals surface area contributed by atoms with E-state index in [1.807, 2.05) is 0 Å². The van der Waals surface area contributed by atoms with Crippen LogP contribution in [-0.2, 0) is 13.0 Å². The molecule has 3 nitrogen and oxygen atoms in total. The zero-order valence-corrected chi connectivity index (χ0v) is 13.9. The van der Waals surface area contributed by atoms with Crippen molar-refractivity contribution < 1.29 is 4.39 Å². The molecule has 0 saturated heterocycles. The maximum atomic E-state index is 13.7. The van der Waals surface area contributed by atoms with Crippen LogP contribution in [0.3, 0.4) is 0 Å². The zero-order valence-electron chi connectivity index (χ0n) is 12.4. The molecule has 1 aromatic heterocycles. The van der Waals surface area contributed by atoms with Crippen LogP contribution in [0.15, 0.2) is 12.1 Å². The molecule has 0 fully saturated rings. The van der Waals surface area contributed by atoms with Gasteiger partial charge in [-0.1, -0.05) is 11.6 Å². The van der Waals surface area contributed by atoms with Gasteiger partial charge in [0.05, 0.1) is 16.1 Å². The van der Waals surface area contributed by atoms with Gasteiger partial charge in [0.25, 0.3) is 0 Å². The molecule has 1 heterocycles. The molecular weight excluding hydrogens is 312 g/mol. The molecule has 116 valence electrons. The minimum atomic E-state index is -0.406. The van der Waals surface area contributed by atoms with Gasteiger partial charge in [0.15, 0.2) is 0 Å². The quantitative estimate of drug-likeness (QED) is 0.565. The highest BCUT2D eigenvalue weighted by molar-refractivity contribution is 6.31. The van der Waals surface area contributed by atoms with Crippen molar-refractivity contribution in [2.75, 3.05) is 26.5 Å². The molecule has 0 amide bonds. The highest BCUT2D eigenvalue weighted by Crippen LogP contribution is 2.24. The molecule has 1 aromatic carbocycles. The van der Waals surface area contributed by atoms with Crippen LogP contribution < -0.4 is 0 Å². The van der Waals surface area contributed by atoms with E-state index in [4.69, 9.17) is 23.2 Å². The number of nitrogens with zero attached hydrogens (tertiary/aromatic N) is 3. The SMILES string of the molecule is CN(C)CCCCn1c(CCCl)nc2cc(Cl)c(F)cc21. The van der Waals surface area contributed by atoms with Crippen molar-refractivity contribution in [3.63, 3.8) is 0 Å². The normalized spacial score (nSPS) is 11.7. The highest BCUT2D eigenvalue weighted by Gasteiger charge is 2.13. The van der Waals surface area contributed by atoms with Crippen molar-refractivity contribution in [1.82, 2.24) is 14.5 Å². The number of rotatable bonds is 7. The number of fused-ring (bicyclic) bond motifs is 1. The molecule has 2 aromatic rings. The largest absolute Gasteiger partial charge is 0.328 e. The van der Waals surface area contributed by atoms with E-state index in [9.17, 15) is 4.39 Å². The lowest BCUT2D eigenvalue weighted by Gasteiger charge is -2.11. The molecule has 0 aliphatic rings. The third-order valence-electron chi connectivity index (χ3n) is 3.42. The second-order valence-electron chi connectivity index (χ2n) is 5.38. The summed E-state index contributed by atoms with van der Waals surface area (Å²) in [6.07, 6.45) is 2.77. The summed E-state index contributed by atoms with van der Waals surface area (Å²) in [4.78, 5) is 6.69. The molecule has 0 saturated carbocycles. The second-order valence-corrected chi connectivity index (χ2v) is 6.17. The van der Waals surface area contributed by atoms with Crippen molar-refractivity contribution in [1.29, 1.82) is 0 Å². The van der Waals surface area contributed by atoms with Crippen LogP contribution in [-0.4, -0.2) is 41.0 Å². The summed E-state index contributed by atoms with van der Waals surface area (Å²) in [5.74, 6) is 0.986. The van der Waals surface area contributed by atoms with Gasteiger partial charge in [-0.25, -0.2) is 9.37 Å². The maximum absolute atomic E-state index is 13.7.